The van der Waals surface area contributed by atoms with E-state index >= 15 is 0 Å². The van der Waals surface area contributed by atoms with Gasteiger partial charge in [-0.3, -0.25) is 4.72 Å². The second kappa shape index (κ2) is 6.12. The third-order valence-electron chi connectivity index (χ3n) is 2.68. The first kappa shape index (κ1) is 16.5. The van der Waals surface area contributed by atoms with Crippen molar-refractivity contribution in [3.8, 4) is 0 Å². The third kappa shape index (κ3) is 3.69. The van der Waals surface area contributed by atoms with Crippen LogP contribution in [-0.2, 0) is 10.0 Å². The molecule has 0 bridgehead atoms. The number of halogens is 4. The van der Waals surface area contributed by atoms with E-state index in [2.05, 4.69) is 20.7 Å². The highest BCUT2D eigenvalue weighted by Gasteiger charge is 2.23. The highest BCUT2D eigenvalue weighted by molar-refractivity contribution is 9.10. The molecule has 0 aliphatic heterocycles. The van der Waals surface area contributed by atoms with Gasteiger partial charge in [-0.15, -0.1) is 0 Å². The minimum absolute atomic E-state index is 0.0315. The molecule has 0 aliphatic rings. The number of anilines is 1. The SMILES string of the molecule is Cc1ccc(F)cc1NS(=O)(=O)c1c(Cl)cc(Br)cc1Cl. The zero-order valence-corrected chi connectivity index (χ0v) is 14.5. The number of aryl methyl sites for hydroxylation is 1. The summed E-state index contributed by atoms with van der Waals surface area (Å²) in [5, 5.41) is -0.0631. The molecule has 112 valence electrons. The smallest absolute Gasteiger partial charge is 0.264 e. The first-order valence-corrected chi connectivity index (χ1v) is 8.67. The summed E-state index contributed by atoms with van der Waals surface area (Å²) in [7, 11) is -4.03. The van der Waals surface area contributed by atoms with Gasteiger partial charge >= 0.3 is 0 Å². The average molecular weight is 413 g/mol. The fourth-order valence-electron chi connectivity index (χ4n) is 1.69. The quantitative estimate of drug-likeness (QED) is 0.770. The molecule has 0 aliphatic carbocycles. The van der Waals surface area contributed by atoms with Crippen LogP contribution in [0.5, 0.6) is 0 Å². The Morgan fingerprint density at radius 2 is 1.71 bits per heavy atom. The van der Waals surface area contributed by atoms with Gasteiger partial charge in [0.1, 0.15) is 10.7 Å². The molecule has 2 rings (SSSR count). The molecule has 0 saturated carbocycles. The van der Waals surface area contributed by atoms with Crippen molar-refractivity contribution in [1.29, 1.82) is 0 Å². The Morgan fingerprint density at radius 1 is 1.14 bits per heavy atom. The summed E-state index contributed by atoms with van der Waals surface area (Å²) in [5.41, 5.74) is 0.703. The molecule has 2 aromatic rings. The highest BCUT2D eigenvalue weighted by Crippen LogP contribution is 2.34. The molecule has 0 unspecified atom stereocenters. The van der Waals surface area contributed by atoms with E-state index in [0.717, 1.165) is 6.07 Å². The van der Waals surface area contributed by atoms with Gasteiger partial charge in [-0.25, -0.2) is 12.8 Å². The molecule has 21 heavy (non-hydrogen) atoms. The lowest BCUT2D eigenvalue weighted by atomic mass is 10.2. The molecule has 0 amide bonds. The first-order chi connectivity index (χ1) is 9.70. The maximum Gasteiger partial charge on any atom is 0.264 e. The molecule has 0 saturated heterocycles. The molecule has 0 atom stereocenters. The molecular weight excluding hydrogens is 404 g/mol. The summed E-state index contributed by atoms with van der Waals surface area (Å²) in [6.45, 7) is 1.65. The van der Waals surface area contributed by atoms with E-state index in [0.29, 0.717) is 10.0 Å². The molecule has 0 heterocycles. The molecule has 0 spiro atoms. The van der Waals surface area contributed by atoms with E-state index in [1.54, 1.807) is 6.92 Å². The predicted octanol–water partition coefficient (Wildman–Crippen LogP) is 5.00. The first-order valence-electron chi connectivity index (χ1n) is 5.64. The van der Waals surface area contributed by atoms with Crippen molar-refractivity contribution in [2.45, 2.75) is 11.8 Å². The maximum absolute atomic E-state index is 13.2. The minimum Gasteiger partial charge on any atom is -0.279 e. The standard InChI is InChI=1S/C13H9BrCl2FNO2S/c1-7-2-3-9(17)6-12(7)18-21(19,20)13-10(15)4-8(14)5-11(13)16/h2-6,18H,1H3. The van der Waals surface area contributed by atoms with Gasteiger partial charge < -0.3 is 0 Å². The largest absolute Gasteiger partial charge is 0.279 e. The summed E-state index contributed by atoms with van der Waals surface area (Å²) in [5.74, 6) is -0.550. The van der Waals surface area contributed by atoms with Crippen LogP contribution in [0.1, 0.15) is 5.56 Å². The molecule has 8 heteroatoms. The van der Waals surface area contributed by atoms with Crippen molar-refractivity contribution < 1.29 is 12.8 Å². The van der Waals surface area contributed by atoms with Crippen molar-refractivity contribution >= 4 is 54.8 Å². The lowest BCUT2D eigenvalue weighted by Crippen LogP contribution is -2.15. The zero-order valence-electron chi connectivity index (χ0n) is 10.6. The van der Waals surface area contributed by atoms with Crippen LogP contribution in [0.15, 0.2) is 39.7 Å². The monoisotopic (exact) mass is 411 g/mol. The van der Waals surface area contributed by atoms with Crippen LogP contribution >= 0.6 is 39.1 Å². The van der Waals surface area contributed by atoms with Crippen LogP contribution in [0.2, 0.25) is 10.0 Å². The Labute approximate surface area is 140 Å². The average Bonchev–Trinajstić information content (AvgIpc) is 2.31. The third-order valence-corrected chi connectivity index (χ3v) is 5.42. The summed E-state index contributed by atoms with van der Waals surface area (Å²) in [6, 6.07) is 6.64. The van der Waals surface area contributed by atoms with Gasteiger partial charge in [-0.1, -0.05) is 45.2 Å². The van der Waals surface area contributed by atoms with Crippen molar-refractivity contribution in [3.63, 3.8) is 0 Å². The van der Waals surface area contributed by atoms with Gasteiger partial charge in [0.25, 0.3) is 10.0 Å². The normalized spacial score (nSPS) is 11.5. The van der Waals surface area contributed by atoms with E-state index in [-0.39, 0.29) is 20.6 Å². The predicted molar refractivity (Wildman–Crippen MR) is 86.1 cm³/mol. The van der Waals surface area contributed by atoms with Crippen LogP contribution < -0.4 is 4.72 Å². The van der Waals surface area contributed by atoms with Crippen molar-refractivity contribution in [3.05, 3.63) is 56.2 Å². The Kier molecular flexibility index (Phi) is 4.82. The van der Waals surface area contributed by atoms with E-state index in [4.69, 9.17) is 23.2 Å². The Balaban J connectivity index is 2.51. The number of rotatable bonds is 3. The molecule has 0 fully saturated rings. The Hall–Kier alpha value is -0.820. The topological polar surface area (TPSA) is 46.2 Å². The summed E-state index contributed by atoms with van der Waals surface area (Å²) >= 11 is 15.1. The summed E-state index contributed by atoms with van der Waals surface area (Å²) in [6.07, 6.45) is 0. The number of sulfonamides is 1. The minimum atomic E-state index is -4.03. The molecule has 0 aromatic heterocycles. The van der Waals surface area contributed by atoms with Crippen LogP contribution in [0.4, 0.5) is 10.1 Å². The summed E-state index contributed by atoms with van der Waals surface area (Å²) < 4.78 is 40.9. The number of hydrogen-bond acceptors (Lipinski definition) is 2. The second-order valence-electron chi connectivity index (χ2n) is 4.26. The fraction of sp³-hybridized carbons (Fsp3) is 0.0769. The Bertz CT molecular complexity index is 789. The van der Waals surface area contributed by atoms with Crippen LogP contribution in [0, 0.1) is 12.7 Å². The number of nitrogens with one attached hydrogen (secondary N) is 1. The highest BCUT2D eigenvalue weighted by atomic mass is 79.9. The van der Waals surface area contributed by atoms with E-state index in [9.17, 15) is 12.8 Å². The van der Waals surface area contributed by atoms with E-state index < -0.39 is 15.8 Å². The van der Waals surface area contributed by atoms with Gasteiger partial charge in [-0.2, -0.15) is 0 Å². The molecule has 3 nitrogen and oxygen atoms in total. The summed E-state index contributed by atoms with van der Waals surface area (Å²) in [4.78, 5) is -0.252. The van der Waals surface area contributed by atoms with Gasteiger partial charge in [0.05, 0.1) is 15.7 Å². The van der Waals surface area contributed by atoms with Crippen LogP contribution in [0.3, 0.4) is 0 Å². The molecule has 2 aromatic carbocycles. The zero-order chi connectivity index (χ0) is 15.8. The number of benzene rings is 2. The van der Waals surface area contributed by atoms with Gasteiger partial charge in [-0.05, 0) is 36.8 Å². The fourth-order valence-corrected chi connectivity index (χ4v) is 4.75. The van der Waals surface area contributed by atoms with Crippen molar-refractivity contribution in [1.82, 2.24) is 0 Å². The van der Waals surface area contributed by atoms with Crippen molar-refractivity contribution in [2.24, 2.45) is 0 Å². The number of hydrogen-bond donors (Lipinski definition) is 1. The lowest BCUT2D eigenvalue weighted by Gasteiger charge is -2.13. The van der Waals surface area contributed by atoms with Gasteiger partial charge in [0.15, 0.2) is 0 Å². The van der Waals surface area contributed by atoms with Gasteiger partial charge in [0, 0.05) is 4.47 Å². The lowest BCUT2D eigenvalue weighted by molar-refractivity contribution is 0.601. The Morgan fingerprint density at radius 3 is 2.29 bits per heavy atom. The molecule has 0 radical (unpaired) electrons. The van der Waals surface area contributed by atoms with Gasteiger partial charge in [0.2, 0.25) is 0 Å². The molecular formula is C13H9BrCl2FNO2S. The van der Waals surface area contributed by atoms with E-state index in [1.807, 2.05) is 0 Å². The van der Waals surface area contributed by atoms with E-state index in [1.165, 1.54) is 24.3 Å². The van der Waals surface area contributed by atoms with Crippen molar-refractivity contribution in [2.75, 3.05) is 4.72 Å². The van der Waals surface area contributed by atoms with Crippen LogP contribution in [0.25, 0.3) is 0 Å². The van der Waals surface area contributed by atoms with Crippen LogP contribution in [-0.4, -0.2) is 8.42 Å². The molecule has 1 N–H and O–H groups in total. The maximum atomic E-state index is 13.2. The second-order valence-corrected chi connectivity index (χ2v) is 7.61.